The van der Waals surface area contributed by atoms with E-state index < -0.39 is 0 Å². The topological polar surface area (TPSA) is 70.6 Å². The summed E-state index contributed by atoms with van der Waals surface area (Å²) in [5.74, 6) is -0.0881. The van der Waals surface area contributed by atoms with Crippen LogP contribution in [0.2, 0.25) is 0 Å². The summed E-state index contributed by atoms with van der Waals surface area (Å²) in [6.07, 6.45) is 1.89. The van der Waals surface area contributed by atoms with Crippen LogP contribution in [0.4, 0.5) is 0 Å². The summed E-state index contributed by atoms with van der Waals surface area (Å²) >= 11 is 0. The summed E-state index contributed by atoms with van der Waals surface area (Å²) in [5, 5.41) is 5.79. The van der Waals surface area contributed by atoms with E-state index in [-0.39, 0.29) is 24.3 Å². The van der Waals surface area contributed by atoms with Crippen molar-refractivity contribution in [3.8, 4) is 0 Å². The molecular formula is C8H11N3O2. The smallest absolute Gasteiger partial charge is 0.256 e. The minimum Gasteiger partial charge on any atom is -0.312 e. The van der Waals surface area contributed by atoms with E-state index in [2.05, 4.69) is 15.6 Å². The van der Waals surface area contributed by atoms with E-state index in [1.165, 1.54) is 0 Å². The molecule has 0 aromatic rings. The van der Waals surface area contributed by atoms with Crippen LogP contribution < -0.4 is 10.6 Å². The third-order valence-corrected chi connectivity index (χ3v) is 2.21. The van der Waals surface area contributed by atoms with Crippen LogP contribution in [0.3, 0.4) is 0 Å². The molecule has 0 aliphatic carbocycles. The summed E-state index contributed by atoms with van der Waals surface area (Å²) in [6.45, 7) is 0.924. The van der Waals surface area contributed by atoms with Crippen LogP contribution in [0, 0.1) is 0 Å². The van der Waals surface area contributed by atoms with Gasteiger partial charge in [0.25, 0.3) is 5.91 Å². The normalized spacial score (nSPS) is 28.6. The third-order valence-electron chi connectivity index (χ3n) is 2.21. The van der Waals surface area contributed by atoms with Gasteiger partial charge in [0.1, 0.15) is 12.3 Å². The van der Waals surface area contributed by atoms with Crippen LogP contribution in [0.15, 0.2) is 4.99 Å². The summed E-state index contributed by atoms with van der Waals surface area (Å²) in [5.41, 5.74) is 0. The van der Waals surface area contributed by atoms with Crippen LogP contribution in [-0.4, -0.2) is 30.2 Å². The highest BCUT2D eigenvalue weighted by Crippen LogP contribution is 2.08. The van der Waals surface area contributed by atoms with E-state index in [1.54, 1.807) is 0 Å². The average Bonchev–Trinajstić information content (AvgIpc) is 2.53. The molecule has 2 heterocycles. The maximum Gasteiger partial charge on any atom is 0.256 e. The lowest BCUT2D eigenvalue weighted by molar-refractivity contribution is -0.127. The van der Waals surface area contributed by atoms with E-state index in [0.717, 1.165) is 19.4 Å². The van der Waals surface area contributed by atoms with Crippen molar-refractivity contribution in [2.75, 3.05) is 6.54 Å². The quantitative estimate of drug-likeness (QED) is 0.519. The lowest BCUT2D eigenvalue weighted by Gasteiger charge is -2.17. The van der Waals surface area contributed by atoms with Gasteiger partial charge in [0.15, 0.2) is 0 Å². The third kappa shape index (κ3) is 1.75. The van der Waals surface area contributed by atoms with Gasteiger partial charge in [0, 0.05) is 0 Å². The van der Waals surface area contributed by atoms with Gasteiger partial charge in [-0.1, -0.05) is 0 Å². The van der Waals surface area contributed by atoms with Crippen LogP contribution >= 0.6 is 0 Å². The van der Waals surface area contributed by atoms with Crippen LogP contribution in [0.25, 0.3) is 0 Å². The Morgan fingerprint density at radius 2 is 2.23 bits per heavy atom. The number of hydrogen-bond acceptors (Lipinski definition) is 3. The minimum atomic E-state index is -0.340. The van der Waals surface area contributed by atoms with Gasteiger partial charge in [0.05, 0.1) is 6.04 Å². The summed E-state index contributed by atoms with van der Waals surface area (Å²) in [4.78, 5) is 25.8. The number of nitrogens with zero attached hydrogens (tertiary/aromatic N) is 1. The molecule has 0 bridgehead atoms. The molecule has 70 valence electrons. The molecule has 1 fully saturated rings. The van der Waals surface area contributed by atoms with E-state index in [1.807, 2.05) is 0 Å². The van der Waals surface area contributed by atoms with E-state index in [9.17, 15) is 9.59 Å². The monoisotopic (exact) mass is 181 g/mol. The van der Waals surface area contributed by atoms with E-state index in [4.69, 9.17) is 0 Å². The fourth-order valence-corrected chi connectivity index (χ4v) is 1.61. The van der Waals surface area contributed by atoms with Crippen molar-refractivity contribution < 1.29 is 9.59 Å². The highest BCUT2D eigenvalue weighted by Gasteiger charge is 2.26. The van der Waals surface area contributed by atoms with E-state index in [0.29, 0.717) is 5.84 Å². The Labute approximate surface area is 75.6 Å². The van der Waals surface area contributed by atoms with Gasteiger partial charge in [-0.15, -0.1) is 0 Å². The van der Waals surface area contributed by atoms with Crippen molar-refractivity contribution in [1.29, 1.82) is 0 Å². The van der Waals surface area contributed by atoms with Crippen molar-refractivity contribution in [2.24, 2.45) is 4.99 Å². The zero-order chi connectivity index (χ0) is 9.26. The Morgan fingerprint density at radius 1 is 1.38 bits per heavy atom. The van der Waals surface area contributed by atoms with Crippen molar-refractivity contribution in [2.45, 2.75) is 25.3 Å². The Hall–Kier alpha value is -1.23. The minimum absolute atomic E-state index is 0.0631. The molecule has 1 saturated heterocycles. The summed E-state index contributed by atoms with van der Waals surface area (Å²) < 4.78 is 0. The van der Waals surface area contributed by atoms with Gasteiger partial charge in [-0.3, -0.25) is 9.59 Å². The lowest BCUT2D eigenvalue weighted by Crippen LogP contribution is -2.47. The van der Waals surface area contributed by atoms with Gasteiger partial charge in [-0.25, -0.2) is 0 Å². The molecule has 2 amide bonds. The Kier molecular flexibility index (Phi) is 2.10. The molecule has 1 atom stereocenters. The first kappa shape index (κ1) is 8.37. The molecule has 5 heteroatoms. The number of nitrogens with one attached hydrogen (secondary N) is 2. The van der Waals surface area contributed by atoms with Crippen molar-refractivity contribution in [3.63, 3.8) is 0 Å². The molecule has 0 aromatic carbocycles. The second-order valence-corrected chi connectivity index (χ2v) is 3.26. The van der Waals surface area contributed by atoms with Gasteiger partial charge in [-0.2, -0.15) is 4.99 Å². The van der Waals surface area contributed by atoms with Crippen molar-refractivity contribution in [3.05, 3.63) is 0 Å². The number of aliphatic imine (C=N–C) groups is 1. The Morgan fingerprint density at radius 3 is 2.85 bits per heavy atom. The largest absolute Gasteiger partial charge is 0.312 e. The number of amides is 2. The fourth-order valence-electron chi connectivity index (χ4n) is 1.61. The number of rotatable bonds is 1. The highest BCUT2D eigenvalue weighted by atomic mass is 16.2. The van der Waals surface area contributed by atoms with Crippen molar-refractivity contribution >= 4 is 17.6 Å². The maximum absolute atomic E-state index is 11.0. The second kappa shape index (κ2) is 3.26. The molecule has 2 aliphatic rings. The van der Waals surface area contributed by atoms with Gasteiger partial charge in [0.2, 0.25) is 5.91 Å². The molecule has 0 radical (unpaired) electrons. The number of carbonyl (C=O) groups excluding carboxylic acids is 2. The molecule has 13 heavy (non-hydrogen) atoms. The van der Waals surface area contributed by atoms with Crippen LogP contribution in [0.5, 0.6) is 0 Å². The zero-order valence-corrected chi connectivity index (χ0v) is 7.17. The standard InChI is InChI=1S/C8H11N3O2/c12-6-4-7(13)11-8(10-6)5-2-1-3-9-5/h5,9H,1-4H2,(H,10,11,12,13). The van der Waals surface area contributed by atoms with Gasteiger partial charge >= 0.3 is 0 Å². The maximum atomic E-state index is 11.0. The zero-order valence-electron chi connectivity index (χ0n) is 7.17. The predicted molar refractivity (Wildman–Crippen MR) is 46.2 cm³/mol. The van der Waals surface area contributed by atoms with Crippen LogP contribution in [0.1, 0.15) is 19.3 Å². The van der Waals surface area contributed by atoms with E-state index >= 15 is 0 Å². The van der Waals surface area contributed by atoms with Gasteiger partial charge < -0.3 is 10.6 Å². The molecule has 0 saturated carbocycles. The fraction of sp³-hybridized carbons (Fsp3) is 0.625. The first-order valence-electron chi connectivity index (χ1n) is 4.40. The summed E-state index contributed by atoms with van der Waals surface area (Å²) in [6, 6.07) is 0.0631. The molecule has 5 nitrogen and oxygen atoms in total. The lowest BCUT2D eigenvalue weighted by atomic mass is 10.2. The highest BCUT2D eigenvalue weighted by molar-refractivity contribution is 6.15. The molecule has 2 N–H and O–H groups in total. The predicted octanol–water partition coefficient (Wildman–Crippen LogP) is -0.817. The second-order valence-electron chi connectivity index (χ2n) is 3.26. The molecule has 0 spiro atoms. The molecular weight excluding hydrogens is 170 g/mol. The van der Waals surface area contributed by atoms with Crippen molar-refractivity contribution in [1.82, 2.24) is 10.6 Å². The SMILES string of the molecule is O=C1CC(=O)NC(C2CCCN2)=N1. The number of carbonyl (C=O) groups is 2. The first-order valence-corrected chi connectivity index (χ1v) is 4.40. The Bertz CT molecular complexity index is 279. The molecule has 2 aliphatic heterocycles. The Balaban J connectivity index is 2.12. The molecule has 2 rings (SSSR count). The number of amidine groups is 1. The first-order chi connectivity index (χ1) is 6.25. The average molecular weight is 181 g/mol. The molecule has 0 aromatic heterocycles. The van der Waals surface area contributed by atoms with Crippen LogP contribution in [-0.2, 0) is 9.59 Å². The summed E-state index contributed by atoms with van der Waals surface area (Å²) in [7, 11) is 0. The molecule has 1 unspecified atom stereocenters. The van der Waals surface area contributed by atoms with Gasteiger partial charge in [-0.05, 0) is 19.4 Å². The number of hydrogen-bond donors (Lipinski definition) is 2.